The Balaban J connectivity index is 1.30. The van der Waals surface area contributed by atoms with Crippen molar-refractivity contribution in [2.24, 2.45) is 0 Å². The first-order valence-corrected chi connectivity index (χ1v) is 12.5. The first kappa shape index (κ1) is 21.0. The molecule has 0 aliphatic carbocycles. The molecule has 9 heteroatoms. The van der Waals surface area contributed by atoms with E-state index >= 15 is 0 Å². The van der Waals surface area contributed by atoms with Gasteiger partial charge in [-0.05, 0) is 30.0 Å². The first-order valence-electron chi connectivity index (χ1n) is 10.7. The van der Waals surface area contributed by atoms with E-state index in [2.05, 4.69) is 32.3 Å². The standard InChI is InChI=1S/C23H24N6OS2/c1-2-20-24-17(16-32-20)15-27-10-12-28(13-11-27)23(30)21-25-22(19-9-6-14-31-19)29(26-21)18-7-4-3-5-8-18/h3-9,14,16H,2,10-13,15H2,1H3. The van der Waals surface area contributed by atoms with Gasteiger partial charge in [0, 0.05) is 38.1 Å². The van der Waals surface area contributed by atoms with Gasteiger partial charge in [-0.3, -0.25) is 9.69 Å². The van der Waals surface area contributed by atoms with Gasteiger partial charge in [-0.2, -0.15) is 0 Å². The summed E-state index contributed by atoms with van der Waals surface area (Å²) in [5.41, 5.74) is 2.01. The smallest absolute Gasteiger partial charge is 0.293 e. The number of carbonyl (C=O) groups is 1. The molecule has 5 rings (SSSR count). The Hall–Kier alpha value is -2.88. The van der Waals surface area contributed by atoms with Gasteiger partial charge in [-0.1, -0.05) is 31.2 Å². The van der Waals surface area contributed by atoms with Gasteiger partial charge in [0.05, 0.1) is 21.3 Å². The molecule has 0 atom stereocenters. The third-order valence-corrected chi connectivity index (χ3v) is 7.40. The lowest BCUT2D eigenvalue weighted by Gasteiger charge is -2.33. The van der Waals surface area contributed by atoms with Crippen molar-refractivity contribution in [2.45, 2.75) is 19.9 Å². The number of para-hydroxylation sites is 1. The largest absolute Gasteiger partial charge is 0.333 e. The number of hydrogen-bond acceptors (Lipinski definition) is 7. The lowest BCUT2D eigenvalue weighted by atomic mass is 10.3. The highest BCUT2D eigenvalue weighted by atomic mass is 32.1. The number of hydrogen-bond donors (Lipinski definition) is 0. The molecule has 1 fully saturated rings. The minimum Gasteiger partial charge on any atom is -0.333 e. The highest BCUT2D eigenvalue weighted by molar-refractivity contribution is 7.13. The van der Waals surface area contributed by atoms with Crippen LogP contribution < -0.4 is 0 Å². The summed E-state index contributed by atoms with van der Waals surface area (Å²) in [7, 11) is 0. The second kappa shape index (κ2) is 9.32. The number of thiophene rings is 1. The van der Waals surface area contributed by atoms with Crippen LogP contribution in [-0.4, -0.2) is 61.6 Å². The van der Waals surface area contributed by atoms with E-state index in [9.17, 15) is 4.79 Å². The van der Waals surface area contributed by atoms with Gasteiger partial charge < -0.3 is 4.90 Å². The molecule has 1 amide bonds. The molecule has 4 aromatic rings. The van der Waals surface area contributed by atoms with Gasteiger partial charge in [-0.15, -0.1) is 27.8 Å². The van der Waals surface area contributed by atoms with Crippen molar-refractivity contribution in [3.8, 4) is 16.4 Å². The summed E-state index contributed by atoms with van der Waals surface area (Å²) in [6.07, 6.45) is 0.975. The van der Waals surface area contributed by atoms with E-state index in [1.807, 2.05) is 52.7 Å². The number of piperazine rings is 1. The number of benzene rings is 1. The molecule has 1 aromatic carbocycles. The second-order valence-electron chi connectivity index (χ2n) is 7.64. The lowest BCUT2D eigenvalue weighted by molar-refractivity contribution is 0.0615. The SMILES string of the molecule is CCc1nc(CN2CCN(C(=O)c3nc(-c4cccs4)n(-c4ccccc4)n3)CC2)cs1. The van der Waals surface area contributed by atoms with Crippen molar-refractivity contribution in [2.75, 3.05) is 26.2 Å². The number of rotatable bonds is 6. The highest BCUT2D eigenvalue weighted by Crippen LogP contribution is 2.26. The van der Waals surface area contributed by atoms with Gasteiger partial charge in [0.2, 0.25) is 5.82 Å². The van der Waals surface area contributed by atoms with Crippen LogP contribution in [0.2, 0.25) is 0 Å². The van der Waals surface area contributed by atoms with Gasteiger partial charge in [0.1, 0.15) is 0 Å². The summed E-state index contributed by atoms with van der Waals surface area (Å²) in [5.74, 6) is 0.834. The van der Waals surface area contributed by atoms with Gasteiger partial charge in [-0.25, -0.2) is 14.6 Å². The summed E-state index contributed by atoms with van der Waals surface area (Å²) >= 11 is 3.31. The quantitative estimate of drug-likeness (QED) is 0.432. The normalized spacial score (nSPS) is 14.7. The molecule has 164 valence electrons. The monoisotopic (exact) mass is 464 g/mol. The molecule has 1 aliphatic heterocycles. The van der Waals surface area contributed by atoms with Crippen molar-refractivity contribution in [1.82, 2.24) is 29.5 Å². The predicted octanol–water partition coefficient (Wildman–Crippen LogP) is 3.97. The Morgan fingerprint density at radius 3 is 2.50 bits per heavy atom. The van der Waals surface area contributed by atoms with Gasteiger partial charge >= 0.3 is 0 Å². The van der Waals surface area contributed by atoms with Crippen molar-refractivity contribution in [3.63, 3.8) is 0 Å². The molecule has 0 spiro atoms. The van der Waals surface area contributed by atoms with Gasteiger partial charge in [0.15, 0.2) is 5.82 Å². The van der Waals surface area contributed by atoms with E-state index < -0.39 is 0 Å². The van der Waals surface area contributed by atoms with Crippen LogP contribution in [0.1, 0.15) is 28.2 Å². The number of carbonyl (C=O) groups excluding carboxylic acids is 1. The Bertz CT molecular complexity index is 1180. The summed E-state index contributed by atoms with van der Waals surface area (Å²) in [4.78, 5) is 27.7. The Kier molecular flexibility index (Phi) is 6.11. The topological polar surface area (TPSA) is 67.2 Å². The van der Waals surface area contributed by atoms with Gasteiger partial charge in [0.25, 0.3) is 5.91 Å². The molecule has 7 nitrogen and oxygen atoms in total. The molecule has 1 saturated heterocycles. The zero-order valence-corrected chi connectivity index (χ0v) is 19.5. The molecule has 3 aromatic heterocycles. The fourth-order valence-corrected chi connectivity index (χ4v) is 5.22. The molecular formula is C23H24N6OS2. The minimum absolute atomic E-state index is 0.112. The second-order valence-corrected chi connectivity index (χ2v) is 9.53. The number of amides is 1. The van der Waals surface area contributed by atoms with Crippen LogP contribution in [0.15, 0.2) is 53.2 Å². The van der Waals surface area contributed by atoms with Crippen molar-refractivity contribution in [3.05, 3.63) is 69.8 Å². The number of aromatic nitrogens is 4. The average Bonchev–Trinajstić information content (AvgIpc) is 3.60. The number of thiazole rings is 1. The molecule has 0 saturated carbocycles. The Labute approximate surface area is 195 Å². The molecule has 32 heavy (non-hydrogen) atoms. The fourth-order valence-electron chi connectivity index (χ4n) is 3.78. The Morgan fingerprint density at radius 1 is 1.00 bits per heavy atom. The first-order chi connectivity index (χ1) is 15.7. The predicted molar refractivity (Wildman–Crippen MR) is 127 cm³/mol. The highest BCUT2D eigenvalue weighted by Gasteiger charge is 2.27. The maximum absolute atomic E-state index is 13.2. The molecule has 0 bridgehead atoms. The van der Waals surface area contributed by atoms with Crippen LogP contribution in [-0.2, 0) is 13.0 Å². The third kappa shape index (κ3) is 4.36. The summed E-state index contributed by atoms with van der Waals surface area (Å²) in [6, 6.07) is 13.8. The van der Waals surface area contributed by atoms with E-state index in [1.165, 1.54) is 5.01 Å². The minimum atomic E-state index is -0.112. The molecule has 0 radical (unpaired) electrons. The Morgan fingerprint density at radius 2 is 1.81 bits per heavy atom. The number of nitrogens with zero attached hydrogens (tertiary/aromatic N) is 6. The van der Waals surface area contributed by atoms with Crippen molar-refractivity contribution < 1.29 is 4.79 Å². The summed E-state index contributed by atoms with van der Waals surface area (Å²) in [5, 5.41) is 9.93. The van der Waals surface area contributed by atoms with Crippen molar-refractivity contribution in [1.29, 1.82) is 0 Å². The molecule has 0 N–H and O–H groups in total. The van der Waals surface area contributed by atoms with E-state index in [4.69, 9.17) is 0 Å². The molecular weight excluding hydrogens is 440 g/mol. The van der Waals surface area contributed by atoms with Crippen molar-refractivity contribution >= 4 is 28.6 Å². The van der Waals surface area contributed by atoms with Crippen LogP contribution >= 0.6 is 22.7 Å². The van der Waals surface area contributed by atoms with Crippen LogP contribution in [0.25, 0.3) is 16.4 Å². The summed E-state index contributed by atoms with van der Waals surface area (Å²) < 4.78 is 1.77. The van der Waals surface area contributed by atoms with E-state index in [0.29, 0.717) is 18.9 Å². The molecule has 0 unspecified atom stereocenters. The van der Waals surface area contributed by atoms with Crippen LogP contribution in [0.3, 0.4) is 0 Å². The average molecular weight is 465 g/mol. The maximum Gasteiger partial charge on any atom is 0.293 e. The van der Waals surface area contributed by atoms with E-state index in [1.54, 1.807) is 27.4 Å². The zero-order valence-electron chi connectivity index (χ0n) is 17.8. The molecule has 1 aliphatic rings. The van der Waals surface area contributed by atoms with E-state index in [0.717, 1.165) is 42.3 Å². The van der Waals surface area contributed by atoms with E-state index in [-0.39, 0.29) is 11.7 Å². The third-order valence-electron chi connectivity index (χ3n) is 5.49. The van der Waals surface area contributed by atoms with Crippen LogP contribution in [0.5, 0.6) is 0 Å². The lowest BCUT2D eigenvalue weighted by Crippen LogP contribution is -2.48. The summed E-state index contributed by atoms with van der Waals surface area (Å²) in [6.45, 7) is 5.94. The zero-order chi connectivity index (χ0) is 21.9. The maximum atomic E-state index is 13.2. The number of aryl methyl sites for hydroxylation is 1. The van der Waals surface area contributed by atoms with Crippen LogP contribution in [0, 0.1) is 0 Å². The molecule has 4 heterocycles. The van der Waals surface area contributed by atoms with Crippen LogP contribution in [0.4, 0.5) is 0 Å². The fraction of sp³-hybridized carbons (Fsp3) is 0.304.